The summed E-state index contributed by atoms with van der Waals surface area (Å²) in [6.07, 6.45) is 5.74. The molecule has 2 aromatic carbocycles. The van der Waals surface area contributed by atoms with Gasteiger partial charge in [0.2, 0.25) is 0 Å². The van der Waals surface area contributed by atoms with Crippen molar-refractivity contribution in [3.8, 4) is 5.75 Å². The van der Waals surface area contributed by atoms with Gasteiger partial charge >= 0.3 is 0 Å². The molecule has 2 aliphatic rings. The van der Waals surface area contributed by atoms with Crippen molar-refractivity contribution in [2.24, 2.45) is 5.92 Å². The smallest absolute Gasteiger partial charge is 0.264 e. The zero-order valence-electron chi connectivity index (χ0n) is 20.0. The van der Waals surface area contributed by atoms with Gasteiger partial charge in [0, 0.05) is 29.5 Å². The maximum atomic E-state index is 14.7. The lowest BCUT2D eigenvalue weighted by Crippen LogP contribution is -2.39. The average Bonchev–Trinajstić information content (AvgIpc) is 3.68. The van der Waals surface area contributed by atoms with Crippen LogP contribution in [0.4, 0.5) is 4.39 Å². The summed E-state index contributed by atoms with van der Waals surface area (Å²) < 4.78 is 29.0. The molecule has 1 saturated carbocycles. The molecule has 0 spiro atoms. The van der Waals surface area contributed by atoms with Crippen LogP contribution >= 0.6 is 35.1 Å². The van der Waals surface area contributed by atoms with Gasteiger partial charge in [-0.2, -0.15) is 0 Å². The molecular weight excluding hydrogens is 510 g/mol. The van der Waals surface area contributed by atoms with E-state index in [1.165, 1.54) is 6.07 Å². The molecule has 0 bridgehead atoms. The summed E-state index contributed by atoms with van der Waals surface area (Å²) in [5, 5.41) is 1.26. The van der Waals surface area contributed by atoms with Gasteiger partial charge in [-0.15, -0.1) is 0 Å². The summed E-state index contributed by atoms with van der Waals surface area (Å²) >= 11 is 13.7. The topological polar surface area (TPSA) is 50.8 Å². The molecule has 0 radical (unpaired) electrons. The summed E-state index contributed by atoms with van der Waals surface area (Å²) in [5.41, 5.74) is 2.03. The van der Waals surface area contributed by atoms with Gasteiger partial charge in [0.05, 0.1) is 24.8 Å². The van der Waals surface area contributed by atoms with Gasteiger partial charge in [0.25, 0.3) is 5.91 Å². The molecule has 1 saturated heterocycles. The molecule has 1 aliphatic carbocycles. The average molecular weight is 542 g/mol. The molecule has 35 heavy (non-hydrogen) atoms. The number of carbonyl (C=O) groups is 1. The number of nitrogens with zero attached hydrogens (tertiary/aromatic N) is 1. The third-order valence-corrected chi connectivity index (χ3v) is 7.72. The van der Waals surface area contributed by atoms with Crippen LogP contribution in [-0.2, 0) is 4.74 Å². The first kappa shape index (κ1) is 26.6. The van der Waals surface area contributed by atoms with Crippen LogP contribution in [0.2, 0.25) is 10.0 Å². The minimum atomic E-state index is -0.548. The largest absolute Gasteiger partial charge is 0.493 e. The van der Waals surface area contributed by atoms with Crippen LogP contribution in [0.15, 0.2) is 30.3 Å². The Bertz CT molecular complexity index is 1050. The number of ether oxygens (including phenoxy) is 2. The molecule has 1 unspecified atom stereocenters. The van der Waals surface area contributed by atoms with Crippen molar-refractivity contribution in [2.45, 2.75) is 37.6 Å². The second-order valence-electron chi connectivity index (χ2n) is 9.21. The normalized spacial score (nSPS) is 17.9. The zero-order valence-corrected chi connectivity index (χ0v) is 22.3. The fourth-order valence-electron chi connectivity index (χ4n) is 4.69. The molecule has 2 aromatic rings. The highest BCUT2D eigenvalue weighted by Crippen LogP contribution is 2.45. The monoisotopic (exact) mass is 540 g/mol. The van der Waals surface area contributed by atoms with Gasteiger partial charge in [0.15, 0.2) is 0 Å². The van der Waals surface area contributed by atoms with E-state index in [0.29, 0.717) is 40.8 Å². The third kappa shape index (κ3) is 6.63. The van der Waals surface area contributed by atoms with Crippen LogP contribution in [0.5, 0.6) is 5.75 Å². The predicted molar refractivity (Wildman–Crippen MR) is 140 cm³/mol. The molecule has 1 heterocycles. The Balaban J connectivity index is 1.38. The zero-order chi connectivity index (χ0) is 24.9. The Morgan fingerprint density at radius 2 is 1.94 bits per heavy atom. The van der Waals surface area contributed by atoms with Crippen molar-refractivity contribution in [3.05, 3.63) is 62.9 Å². The number of benzene rings is 2. The number of methoxy groups -OCH3 is 1. The number of likely N-dealkylation sites (tertiary alicyclic amines) is 1. The minimum Gasteiger partial charge on any atom is -0.493 e. The molecule has 1 aliphatic heterocycles. The number of halogens is 3. The van der Waals surface area contributed by atoms with E-state index in [1.54, 1.807) is 25.5 Å². The van der Waals surface area contributed by atoms with Gasteiger partial charge in [-0.25, -0.2) is 4.39 Å². The van der Waals surface area contributed by atoms with Crippen molar-refractivity contribution in [1.29, 1.82) is 0 Å². The number of rotatable bonds is 10. The van der Waals surface area contributed by atoms with E-state index in [2.05, 4.69) is 9.62 Å². The molecule has 1 N–H and O–H groups in total. The number of amides is 1. The Kier molecular flexibility index (Phi) is 9.22. The third-order valence-electron chi connectivity index (χ3n) is 6.77. The Morgan fingerprint density at radius 3 is 2.57 bits per heavy atom. The van der Waals surface area contributed by atoms with E-state index in [9.17, 15) is 9.18 Å². The summed E-state index contributed by atoms with van der Waals surface area (Å²) in [6.45, 7) is 2.85. The fraction of sp³-hybridized carbons (Fsp3) is 0.500. The van der Waals surface area contributed by atoms with E-state index < -0.39 is 11.7 Å². The molecule has 9 heteroatoms. The first-order valence-electron chi connectivity index (χ1n) is 11.9. The number of hydrogen-bond acceptors (Lipinski definition) is 5. The van der Waals surface area contributed by atoms with E-state index in [4.69, 9.17) is 32.7 Å². The predicted octanol–water partition coefficient (Wildman–Crippen LogP) is 6.50. The highest BCUT2D eigenvalue weighted by atomic mass is 35.5. The number of nitrogens with one attached hydrogen (secondary N) is 1. The van der Waals surface area contributed by atoms with Gasteiger partial charge in [-0.1, -0.05) is 41.2 Å². The highest BCUT2D eigenvalue weighted by Gasteiger charge is 2.31. The minimum absolute atomic E-state index is 0.0576. The van der Waals surface area contributed by atoms with Gasteiger partial charge in [-0.3, -0.25) is 14.4 Å². The molecule has 1 atom stereocenters. The second-order valence-corrected chi connectivity index (χ2v) is 10.7. The Labute approximate surface area is 220 Å². The number of hydrogen-bond donors (Lipinski definition) is 1. The van der Waals surface area contributed by atoms with Crippen LogP contribution in [0.3, 0.4) is 0 Å². The summed E-state index contributed by atoms with van der Waals surface area (Å²) in [7, 11) is 1.70. The number of carbonyl (C=O) groups excluding carboxylic acids is 1. The second kappa shape index (κ2) is 12.2. The van der Waals surface area contributed by atoms with Crippen molar-refractivity contribution < 1.29 is 18.7 Å². The first-order valence-corrected chi connectivity index (χ1v) is 13.9. The molecule has 4 rings (SSSR count). The SMILES string of the molecule is COCC(c1ccc(Cl)cc1Cl)N1CCC(COc2cc(F)c(C(=O)NSC)cc2C2CC2)CC1. The lowest BCUT2D eigenvalue weighted by molar-refractivity contribution is 0.0556. The fourth-order valence-corrected chi connectivity index (χ4v) is 5.52. The van der Waals surface area contributed by atoms with Crippen molar-refractivity contribution in [2.75, 3.05) is 39.7 Å². The maximum Gasteiger partial charge on any atom is 0.264 e. The molecule has 0 aromatic heterocycles. The molecular formula is C26H31Cl2FN2O3S. The molecule has 2 fully saturated rings. The lowest BCUT2D eigenvalue weighted by Gasteiger charge is -2.37. The van der Waals surface area contributed by atoms with E-state index in [-0.39, 0.29) is 11.6 Å². The lowest BCUT2D eigenvalue weighted by atomic mass is 9.95. The highest BCUT2D eigenvalue weighted by molar-refractivity contribution is 7.97. The Morgan fingerprint density at radius 1 is 1.20 bits per heavy atom. The number of piperidine rings is 1. The summed E-state index contributed by atoms with van der Waals surface area (Å²) in [4.78, 5) is 14.6. The van der Waals surface area contributed by atoms with Gasteiger partial charge in [0.1, 0.15) is 11.6 Å². The van der Waals surface area contributed by atoms with Gasteiger partial charge in [-0.05, 0) is 79.9 Å². The van der Waals surface area contributed by atoms with E-state index >= 15 is 0 Å². The molecule has 5 nitrogen and oxygen atoms in total. The van der Waals surface area contributed by atoms with Crippen LogP contribution < -0.4 is 9.46 Å². The Hall–Kier alpha value is -1.51. The van der Waals surface area contributed by atoms with Crippen LogP contribution in [0, 0.1) is 11.7 Å². The standard InChI is InChI=1S/C26H31Cl2FN2O3S/c1-33-15-24(19-6-5-18(27)11-22(19)28)31-9-7-16(8-10-31)14-34-25-13-23(29)21(26(32)30-35-2)12-20(25)17-3-4-17/h5-6,11-13,16-17,24H,3-4,7-10,14-15H2,1-2H3,(H,30,32). The summed E-state index contributed by atoms with van der Waals surface area (Å²) in [6, 6.07) is 8.71. The van der Waals surface area contributed by atoms with E-state index in [1.807, 2.05) is 12.1 Å². The maximum absolute atomic E-state index is 14.7. The molecule has 1 amide bonds. The molecule has 190 valence electrons. The van der Waals surface area contributed by atoms with Gasteiger partial charge < -0.3 is 9.47 Å². The summed E-state index contributed by atoms with van der Waals surface area (Å²) in [5.74, 6) is 0.311. The van der Waals surface area contributed by atoms with Crippen LogP contribution in [0.1, 0.15) is 59.1 Å². The van der Waals surface area contributed by atoms with E-state index in [0.717, 1.165) is 61.8 Å². The van der Waals surface area contributed by atoms with Crippen molar-refractivity contribution in [3.63, 3.8) is 0 Å². The quantitative estimate of drug-likeness (QED) is 0.348. The van der Waals surface area contributed by atoms with Crippen LogP contribution in [0.25, 0.3) is 0 Å². The first-order chi connectivity index (χ1) is 16.9. The van der Waals surface area contributed by atoms with Crippen molar-refractivity contribution >= 4 is 41.1 Å². The van der Waals surface area contributed by atoms with Crippen molar-refractivity contribution in [1.82, 2.24) is 9.62 Å². The van der Waals surface area contributed by atoms with Crippen LogP contribution in [-0.4, -0.2) is 50.5 Å².